The predicted octanol–water partition coefficient (Wildman–Crippen LogP) is 2.42. The quantitative estimate of drug-likeness (QED) is 0.853. The normalized spacial score (nSPS) is 11.4. The third kappa shape index (κ3) is 2.67. The topological polar surface area (TPSA) is 83.6 Å². The fourth-order valence-electron chi connectivity index (χ4n) is 2.12. The van der Waals surface area contributed by atoms with Gasteiger partial charge in [-0.1, -0.05) is 12.1 Å². The summed E-state index contributed by atoms with van der Waals surface area (Å²) in [5.41, 5.74) is 7.93. The summed E-state index contributed by atoms with van der Waals surface area (Å²) in [7, 11) is -2.36. The van der Waals surface area contributed by atoms with E-state index < -0.39 is 10.0 Å². The van der Waals surface area contributed by atoms with Gasteiger partial charge in [0.1, 0.15) is 10.6 Å². The van der Waals surface area contributed by atoms with E-state index in [9.17, 15) is 13.5 Å². The molecule has 0 saturated carbocycles. The maximum atomic E-state index is 12.8. The van der Waals surface area contributed by atoms with Crippen LogP contribution in [-0.2, 0) is 10.0 Å². The highest BCUT2D eigenvalue weighted by Crippen LogP contribution is 2.31. The van der Waals surface area contributed by atoms with Crippen molar-refractivity contribution in [2.45, 2.75) is 18.7 Å². The third-order valence-corrected chi connectivity index (χ3v) is 5.51. The highest BCUT2D eigenvalue weighted by molar-refractivity contribution is 7.93. The van der Waals surface area contributed by atoms with Crippen LogP contribution in [0.3, 0.4) is 0 Å². The number of sulfonamides is 1. The Balaban J connectivity index is 2.60. The Hall–Kier alpha value is -2.21. The van der Waals surface area contributed by atoms with Crippen molar-refractivity contribution in [1.29, 1.82) is 0 Å². The summed E-state index contributed by atoms with van der Waals surface area (Å²) >= 11 is 0. The van der Waals surface area contributed by atoms with Gasteiger partial charge in [-0.05, 0) is 43.2 Å². The number of nitrogen functional groups attached to an aromatic ring is 1. The molecule has 2 aromatic carbocycles. The van der Waals surface area contributed by atoms with Crippen LogP contribution < -0.4 is 10.0 Å². The van der Waals surface area contributed by atoms with Crippen LogP contribution in [0.4, 0.5) is 11.4 Å². The minimum absolute atomic E-state index is 0.00323. The molecule has 0 heterocycles. The van der Waals surface area contributed by atoms with E-state index in [4.69, 9.17) is 5.73 Å². The van der Waals surface area contributed by atoms with Gasteiger partial charge < -0.3 is 10.8 Å². The summed E-state index contributed by atoms with van der Waals surface area (Å²) < 4.78 is 26.7. The van der Waals surface area contributed by atoms with Gasteiger partial charge in [0.15, 0.2) is 0 Å². The van der Waals surface area contributed by atoms with Crippen LogP contribution in [0.25, 0.3) is 0 Å². The molecule has 21 heavy (non-hydrogen) atoms. The molecule has 0 fully saturated rings. The number of rotatable bonds is 3. The lowest BCUT2D eigenvalue weighted by atomic mass is 10.1. The number of phenolic OH excluding ortho intramolecular Hbond substituents is 1. The fraction of sp³-hybridized carbons (Fsp3) is 0.200. The molecule has 0 saturated heterocycles. The summed E-state index contributed by atoms with van der Waals surface area (Å²) in [6.07, 6.45) is 0. The van der Waals surface area contributed by atoms with Crippen molar-refractivity contribution >= 4 is 21.4 Å². The number of hydrogen-bond donors (Lipinski definition) is 2. The number of nitrogens with zero attached hydrogens (tertiary/aromatic N) is 1. The second kappa shape index (κ2) is 5.29. The number of nitrogens with two attached hydrogens (primary N) is 1. The number of aryl methyl sites for hydroxylation is 1. The monoisotopic (exact) mass is 306 g/mol. The molecule has 0 spiro atoms. The summed E-state index contributed by atoms with van der Waals surface area (Å²) in [6.45, 7) is 3.57. The minimum Gasteiger partial charge on any atom is -0.508 e. The van der Waals surface area contributed by atoms with E-state index >= 15 is 0 Å². The second-order valence-electron chi connectivity index (χ2n) is 4.92. The second-order valence-corrected chi connectivity index (χ2v) is 6.82. The molecule has 0 unspecified atom stereocenters. The van der Waals surface area contributed by atoms with Crippen molar-refractivity contribution in [2.75, 3.05) is 17.1 Å². The molecule has 0 aliphatic heterocycles. The first-order valence-corrected chi connectivity index (χ1v) is 7.83. The summed E-state index contributed by atoms with van der Waals surface area (Å²) in [6, 6.07) is 9.44. The van der Waals surface area contributed by atoms with Gasteiger partial charge in [-0.3, -0.25) is 4.31 Å². The Morgan fingerprint density at radius 1 is 1.14 bits per heavy atom. The van der Waals surface area contributed by atoms with E-state index in [0.29, 0.717) is 11.3 Å². The number of hydrogen-bond acceptors (Lipinski definition) is 4. The van der Waals surface area contributed by atoms with Crippen LogP contribution in [-0.4, -0.2) is 20.6 Å². The average molecular weight is 306 g/mol. The van der Waals surface area contributed by atoms with E-state index in [1.165, 1.54) is 19.2 Å². The van der Waals surface area contributed by atoms with E-state index in [-0.39, 0.29) is 16.3 Å². The first-order chi connectivity index (χ1) is 9.75. The Morgan fingerprint density at radius 3 is 2.43 bits per heavy atom. The molecule has 0 atom stereocenters. The Kier molecular flexibility index (Phi) is 3.82. The maximum Gasteiger partial charge on any atom is 0.266 e. The van der Waals surface area contributed by atoms with Crippen LogP contribution in [0.5, 0.6) is 5.75 Å². The summed E-state index contributed by atoms with van der Waals surface area (Å²) in [5.74, 6) is 0.00323. The van der Waals surface area contributed by atoms with Crippen LogP contribution in [0.2, 0.25) is 0 Å². The fourth-order valence-corrected chi connectivity index (χ4v) is 3.70. The third-order valence-electron chi connectivity index (χ3n) is 3.52. The summed E-state index contributed by atoms with van der Waals surface area (Å²) in [4.78, 5) is 0.105. The lowest BCUT2D eigenvalue weighted by Gasteiger charge is -2.22. The molecule has 0 bridgehead atoms. The van der Waals surface area contributed by atoms with E-state index in [1.807, 2.05) is 6.92 Å². The van der Waals surface area contributed by atoms with Gasteiger partial charge in [-0.15, -0.1) is 0 Å². The van der Waals surface area contributed by atoms with E-state index in [0.717, 1.165) is 9.87 Å². The average Bonchev–Trinajstić information content (AvgIpc) is 2.42. The Bertz CT molecular complexity index is 786. The number of benzene rings is 2. The van der Waals surface area contributed by atoms with Gasteiger partial charge in [0.25, 0.3) is 10.0 Å². The lowest BCUT2D eigenvalue weighted by molar-refractivity contribution is 0.475. The first kappa shape index (κ1) is 15.2. The van der Waals surface area contributed by atoms with Crippen molar-refractivity contribution in [3.8, 4) is 5.75 Å². The standard InChI is InChI=1S/C15H18N2O3S/c1-10-7-8-14(16)15(11(10)2)21(19,20)17(3)12-5-4-6-13(18)9-12/h4-9,18H,16H2,1-3H3. The Labute approximate surface area is 124 Å². The highest BCUT2D eigenvalue weighted by atomic mass is 32.2. The number of aromatic hydroxyl groups is 1. The number of phenols is 1. The first-order valence-electron chi connectivity index (χ1n) is 6.39. The van der Waals surface area contributed by atoms with Gasteiger partial charge >= 0.3 is 0 Å². The van der Waals surface area contributed by atoms with Gasteiger partial charge in [0, 0.05) is 13.1 Å². The molecule has 3 N–H and O–H groups in total. The maximum absolute atomic E-state index is 12.8. The molecule has 6 heteroatoms. The molecular weight excluding hydrogens is 288 g/mol. The zero-order valence-corrected chi connectivity index (χ0v) is 13.0. The number of anilines is 2. The molecule has 0 aromatic heterocycles. The zero-order valence-electron chi connectivity index (χ0n) is 12.2. The largest absolute Gasteiger partial charge is 0.508 e. The molecule has 2 aromatic rings. The van der Waals surface area contributed by atoms with Crippen LogP contribution >= 0.6 is 0 Å². The molecule has 0 aliphatic rings. The lowest BCUT2D eigenvalue weighted by Crippen LogP contribution is -2.28. The van der Waals surface area contributed by atoms with Crippen molar-refractivity contribution in [1.82, 2.24) is 0 Å². The van der Waals surface area contributed by atoms with Crippen molar-refractivity contribution < 1.29 is 13.5 Å². The molecular formula is C15H18N2O3S. The summed E-state index contributed by atoms with van der Waals surface area (Å²) in [5, 5.41) is 9.51. The van der Waals surface area contributed by atoms with E-state index in [1.54, 1.807) is 31.2 Å². The Morgan fingerprint density at radius 2 is 1.81 bits per heavy atom. The SMILES string of the molecule is Cc1ccc(N)c(S(=O)(=O)N(C)c2cccc(O)c2)c1C. The molecule has 112 valence electrons. The minimum atomic E-state index is -3.80. The van der Waals surface area contributed by atoms with Crippen LogP contribution in [0.15, 0.2) is 41.3 Å². The smallest absolute Gasteiger partial charge is 0.266 e. The van der Waals surface area contributed by atoms with Crippen molar-refractivity contribution in [3.05, 3.63) is 47.5 Å². The van der Waals surface area contributed by atoms with E-state index in [2.05, 4.69) is 0 Å². The molecule has 5 nitrogen and oxygen atoms in total. The van der Waals surface area contributed by atoms with Crippen molar-refractivity contribution in [2.24, 2.45) is 0 Å². The van der Waals surface area contributed by atoms with Crippen molar-refractivity contribution in [3.63, 3.8) is 0 Å². The van der Waals surface area contributed by atoms with Gasteiger partial charge in [0.05, 0.1) is 11.4 Å². The zero-order chi connectivity index (χ0) is 15.8. The highest BCUT2D eigenvalue weighted by Gasteiger charge is 2.26. The molecule has 0 aliphatic carbocycles. The molecule has 0 radical (unpaired) electrons. The molecule has 0 amide bonds. The van der Waals surface area contributed by atoms with Gasteiger partial charge in [-0.25, -0.2) is 8.42 Å². The predicted molar refractivity (Wildman–Crippen MR) is 84.0 cm³/mol. The van der Waals surface area contributed by atoms with Gasteiger partial charge in [0.2, 0.25) is 0 Å². The molecule has 2 rings (SSSR count). The van der Waals surface area contributed by atoms with Crippen LogP contribution in [0, 0.1) is 13.8 Å². The van der Waals surface area contributed by atoms with Crippen LogP contribution in [0.1, 0.15) is 11.1 Å². The van der Waals surface area contributed by atoms with Gasteiger partial charge in [-0.2, -0.15) is 0 Å².